The Kier molecular flexibility index (Phi) is 6.12. The molecule has 0 heterocycles. The first-order chi connectivity index (χ1) is 9.12. The van der Waals surface area contributed by atoms with Gasteiger partial charge in [0.1, 0.15) is 17.6 Å². The predicted octanol–water partition coefficient (Wildman–Crippen LogP) is 2.98. The third-order valence-electron chi connectivity index (χ3n) is 2.84. The van der Waals surface area contributed by atoms with Crippen LogP contribution >= 0.6 is 0 Å². The van der Waals surface area contributed by atoms with Crippen LogP contribution in [0.5, 0.6) is 5.75 Å². The number of methoxy groups -OCH3 is 2. The molecule has 0 aromatic heterocycles. The van der Waals surface area contributed by atoms with Gasteiger partial charge in [-0.05, 0) is 18.6 Å². The highest BCUT2D eigenvalue weighted by molar-refractivity contribution is 5.79. The van der Waals surface area contributed by atoms with Crippen molar-refractivity contribution in [1.29, 1.82) is 0 Å². The lowest BCUT2D eigenvalue weighted by molar-refractivity contribution is -0.141. The molecule has 1 aromatic rings. The fourth-order valence-corrected chi connectivity index (χ4v) is 1.73. The normalized spacial score (nSPS) is 11.8. The summed E-state index contributed by atoms with van der Waals surface area (Å²) in [5.41, 5.74) is 0.242. The lowest BCUT2D eigenvalue weighted by Gasteiger charge is -2.18. The maximum atomic E-state index is 13.7. The zero-order valence-corrected chi connectivity index (χ0v) is 11.5. The molecule has 106 valence electrons. The molecule has 1 unspecified atom stereocenters. The highest BCUT2D eigenvalue weighted by Crippen LogP contribution is 2.22. The molecular formula is C14H20FNO3. The van der Waals surface area contributed by atoms with E-state index in [4.69, 9.17) is 9.47 Å². The summed E-state index contributed by atoms with van der Waals surface area (Å²) in [6.45, 7) is 2.03. The van der Waals surface area contributed by atoms with Gasteiger partial charge in [-0.3, -0.25) is 0 Å². The van der Waals surface area contributed by atoms with Gasteiger partial charge in [-0.1, -0.05) is 19.8 Å². The van der Waals surface area contributed by atoms with Crippen LogP contribution in [0.2, 0.25) is 0 Å². The molecule has 0 fully saturated rings. The standard InChI is InChI=1S/C14H20FNO3/c1-4-5-6-12(14(17)19-3)16-13-9-10(18-2)7-8-11(13)15/h7-9,12,16H,4-6H2,1-3H3. The van der Waals surface area contributed by atoms with Crippen molar-refractivity contribution in [3.63, 3.8) is 0 Å². The molecule has 1 rings (SSSR count). The van der Waals surface area contributed by atoms with Crippen molar-refractivity contribution in [2.24, 2.45) is 0 Å². The fourth-order valence-electron chi connectivity index (χ4n) is 1.73. The number of ether oxygens (including phenoxy) is 2. The summed E-state index contributed by atoms with van der Waals surface area (Å²) < 4.78 is 23.4. The van der Waals surface area contributed by atoms with Crippen LogP contribution < -0.4 is 10.1 Å². The van der Waals surface area contributed by atoms with Gasteiger partial charge in [-0.2, -0.15) is 0 Å². The van der Waals surface area contributed by atoms with Gasteiger partial charge in [0.05, 0.1) is 19.9 Å². The number of esters is 1. The Labute approximate surface area is 112 Å². The topological polar surface area (TPSA) is 47.6 Å². The number of halogens is 1. The van der Waals surface area contributed by atoms with Crippen LogP contribution in [0.15, 0.2) is 18.2 Å². The molecule has 0 radical (unpaired) electrons. The number of benzene rings is 1. The monoisotopic (exact) mass is 269 g/mol. The molecule has 1 N–H and O–H groups in total. The van der Waals surface area contributed by atoms with Crippen LogP contribution in [0.4, 0.5) is 10.1 Å². The number of anilines is 1. The van der Waals surface area contributed by atoms with Crippen molar-refractivity contribution >= 4 is 11.7 Å². The lowest BCUT2D eigenvalue weighted by atomic mass is 10.1. The van der Waals surface area contributed by atoms with Crippen molar-refractivity contribution in [2.45, 2.75) is 32.2 Å². The van der Waals surface area contributed by atoms with Gasteiger partial charge < -0.3 is 14.8 Å². The molecule has 0 saturated heterocycles. The van der Waals surface area contributed by atoms with E-state index in [0.29, 0.717) is 12.2 Å². The maximum absolute atomic E-state index is 13.7. The smallest absolute Gasteiger partial charge is 0.328 e. The zero-order valence-electron chi connectivity index (χ0n) is 11.5. The average Bonchev–Trinajstić information content (AvgIpc) is 2.44. The number of hydrogen-bond acceptors (Lipinski definition) is 4. The molecule has 1 aromatic carbocycles. The zero-order chi connectivity index (χ0) is 14.3. The Morgan fingerprint density at radius 1 is 1.42 bits per heavy atom. The average molecular weight is 269 g/mol. The van der Waals surface area contributed by atoms with Crippen LogP contribution in [0.1, 0.15) is 26.2 Å². The van der Waals surface area contributed by atoms with Crippen molar-refractivity contribution < 1.29 is 18.7 Å². The Balaban J connectivity index is 2.85. The molecular weight excluding hydrogens is 249 g/mol. The molecule has 19 heavy (non-hydrogen) atoms. The van der Waals surface area contributed by atoms with Crippen LogP contribution in [0.3, 0.4) is 0 Å². The Hall–Kier alpha value is -1.78. The fraction of sp³-hybridized carbons (Fsp3) is 0.500. The van der Waals surface area contributed by atoms with Gasteiger partial charge in [0, 0.05) is 6.07 Å². The number of nitrogens with one attached hydrogen (secondary N) is 1. The first-order valence-corrected chi connectivity index (χ1v) is 6.30. The van der Waals surface area contributed by atoms with Crippen LogP contribution in [-0.4, -0.2) is 26.2 Å². The van der Waals surface area contributed by atoms with Gasteiger partial charge >= 0.3 is 5.97 Å². The second kappa shape index (κ2) is 7.61. The van der Waals surface area contributed by atoms with Crippen LogP contribution in [0.25, 0.3) is 0 Å². The number of carbonyl (C=O) groups excluding carboxylic acids is 1. The quantitative estimate of drug-likeness (QED) is 0.773. The van der Waals surface area contributed by atoms with Gasteiger partial charge in [-0.25, -0.2) is 9.18 Å². The summed E-state index contributed by atoms with van der Waals surface area (Å²) in [6.07, 6.45) is 2.41. The number of hydrogen-bond donors (Lipinski definition) is 1. The minimum absolute atomic E-state index is 0.242. The van der Waals surface area contributed by atoms with Gasteiger partial charge in [-0.15, -0.1) is 0 Å². The highest BCUT2D eigenvalue weighted by atomic mass is 19.1. The summed E-state index contributed by atoms with van der Waals surface area (Å²) in [4.78, 5) is 11.6. The number of unbranched alkanes of at least 4 members (excludes halogenated alkanes) is 1. The van der Waals surface area contributed by atoms with Gasteiger partial charge in [0.25, 0.3) is 0 Å². The Bertz CT molecular complexity index is 423. The summed E-state index contributed by atoms with van der Waals surface area (Å²) in [7, 11) is 2.83. The van der Waals surface area contributed by atoms with Gasteiger partial charge in [0.15, 0.2) is 0 Å². The van der Waals surface area contributed by atoms with Crippen molar-refractivity contribution in [3.8, 4) is 5.75 Å². The minimum atomic E-state index is -0.549. The molecule has 1 atom stereocenters. The number of rotatable bonds is 7. The Morgan fingerprint density at radius 2 is 2.16 bits per heavy atom. The first-order valence-electron chi connectivity index (χ1n) is 6.30. The van der Waals surface area contributed by atoms with E-state index in [1.807, 2.05) is 6.92 Å². The highest BCUT2D eigenvalue weighted by Gasteiger charge is 2.19. The molecule has 0 spiro atoms. The van der Waals surface area contributed by atoms with E-state index in [-0.39, 0.29) is 5.69 Å². The maximum Gasteiger partial charge on any atom is 0.328 e. The number of carbonyl (C=O) groups is 1. The SMILES string of the molecule is CCCCC(Nc1cc(OC)ccc1F)C(=O)OC. The first kappa shape index (κ1) is 15.3. The van der Waals surface area contributed by atoms with Crippen LogP contribution in [0, 0.1) is 5.82 Å². The third-order valence-corrected chi connectivity index (χ3v) is 2.84. The predicted molar refractivity (Wildman–Crippen MR) is 71.9 cm³/mol. The summed E-state index contributed by atoms with van der Waals surface area (Å²) >= 11 is 0. The molecule has 0 saturated carbocycles. The summed E-state index contributed by atoms with van der Waals surface area (Å²) in [5.74, 6) is -0.287. The van der Waals surface area contributed by atoms with Gasteiger partial charge in [0.2, 0.25) is 0 Å². The van der Waals surface area contributed by atoms with E-state index in [9.17, 15) is 9.18 Å². The van der Waals surface area contributed by atoms with E-state index in [2.05, 4.69) is 5.32 Å². The molecule has 4 nitrogen and oxygen atoms in total. The molecule has 0 aliphatic carbocycles. The molecule has 0 aliphatic heterocycles. The second-order valence-corrected chi connectivity index (χ2v) is 4.21. The summed E-state index contributed by atoms with van der Waals surface area (Å²) in [6, 6.07) is 3.80. The van der Waals surface area contributed by atoms with E-state index >= 15 is 0 Å². The van der Waals surface area contributed by atoms with Crippen LogP contribution in [-0.2, 0) is 9.53 Å². The lowest BCUT2D eigenvalue weighted by Crippen LogP contribution is -2.31. The molecule has 5 heteroatoms. The largest absolute Gasteiger partial charge is 0.497 e. The molecule has 0 aliphatic rings. The van der Waals surface area contributed by atoms with Crippen molar-refractivity contribution in [2.75, 3.05) is 19.5 Å². The van der Waals surface area contributed by atoms with E-state index in [0.717, 1.165) is 12.8 Å². The summed E-state index contributed by atoms with van der Waals surface area (Å²) in [5, 5.41) is 2.88. The molecule has 0 amide bonds. The van der Waals surface area contributed by atoms with Crippen molar-refractivity contribution in [1.82, 2.24) is 0 Å². The Morgan fingerprint density at radius 3 is 2.74 bits per heavy atom. The minimum Gasteiger partial charge on any atom is -0.497 e. The second-order valence-electron chi connectivity index (χ2n) is 4.21. The third kappa shape index (κ3) is 4.43. The van der Waals surface area contributed by atoms with Crippen molar-refractivity contribution in [3.05, 3.63) is 24.0 Å². The van der Waals surface area contributed by atoms with E-state index in [1.165, 1.54) is 32.4 Å². The van der Waals surface area contributed by atoms with E-state index in [1.54, 1.807) is 0 Å². The van der Waals surface area contributed by atoms with E-state index < -0.39 is 17.8 Å². The molecule has 0 bridgehead atoms.